The smallest absolute Gasteiger partial charge is 0.317 e. The van der Waals surface area contributed by atoms with Crippen molar-refractivity contribution >= 4 is 29.2 Å². The van der Waals surface area contributed by atoms with E-state index in [4.69, 9.17) is 27.9 Å². The number of aromatic nitrogens is 2. The molecule has 0 radical (unpaired) electrons. The fourth-order valence-corrected chi connectivity index (χ4v) is 4.94. The zero-order chi connectivity index (χ0) is 21.8. The van der Waals surface area contributed by atoms with Gasteiger partial charge in [0.15, 0.2) is 0 Å². The van der Waals surface area contributed by atoms with Gasteiger partial charge in [-0.3, -0.25) is 9.88 Å². The predicted molar refractivity (Wildman–Crippen MR) is 120 cm³/mol. The third-order valence-corrected chi connectivity index (χ3v) is 6.89. The van der Waals surface area contributed by atoms with E-state index in [-0.39, 0.29) is 11.4 Å². The lowest BCUT2D eigenvalue weighted by molar-refractivity contribution is 0.107. The van der Waals surface area contributed by atoms with Crippen LogP contribution in [0.2, 0.25) is 10.0 Å². The highest BCUT2D eigenvalue weighted by Gasteiger charge is 2.42. The molecule has 0 saturated carbocycles. The molecule has 1 unspecified atom stereocenters. The second-order valence-corrected chi connectivity index (χ2v) is 9.26. The first-order chi connectivity index (χ1) is 15.0. The summed E-state index contributed by atoms with van der Waals surface area (Å²) >= 11 is 12.2. The van der Waals surface area contributed by atoms with Crippen LogP contribution in [0.1, 0.15) is 30.5 Å². The number of likely N-dealkylation sites (tertiary alicyclic amines) is 2. The normalized spacial score (nSPS) is 21.5. The van der Waals surface area contributed by atoms with Gasteiger partial charge in [0.1, 0.15) is 0 Å². The minimum absolute atomic E-state index is 0.0494. The van der Waals surface area contributed by atoms with Gasteiger partial charge in [-0.05, 0) is 43.5 Å². The van der Waals surface area contributed by atoms with Gasteiger partial charge >= 0.3 is 6.03 Å². The van der Waals surface area contributed by atoms with Gasteiger partial charge in [0.05, 0.1) is 41.8 Å². The molecule has 166 valence electrons. The number of carbonyl (C=O) groups excluding carboxylic acids is 1. The largest absolute Gasteiger partial charge is 0.480 e. The van der Waals surface area contributed by atoms with E-state index < -0.39 is 0 Å². The van der Waals surface area contributed by atoms with Crippen LogP contribution in [-0.2, 0) is 13.1 Å². The molecule has 4 rings (SSSR count). The number of hydrogen-bond donors (Lipinski definition) is 1. The molecule has 2 saturated heterocycles. The summed E-state index contributed by atoms with van der Waals surface area (Å²) in [5, 5.41) is 4.15. The number of hydrogen-bond acceptors (Lipinski definition) is 5. The Balaban J connectivity index is 1.32. The Labute approximate surface area is 192 Å². The van der Waals surface area contributed by atoms with Crippen molar-refractivity contribution in [3.63, 3.8) is 0 Å². The van der Waals surface area contributed by atoms with Crippen LogP contribution in [0, 0.1) is 5.41 Å². The molecule has 2 amide bonds. The summed E-state index contributed by atoms with van der Waals surface area (Å²) in [4.78, 5) is 25.6. The molecule has 1 spiro atoms. The van der Waals surface area contributed by atoms with Crippen LogP contribution < -0.4 is 10.1 Å². The third-order valence-electron chi connectivity index (χ3n) is 6.15. The fraction of sp³-hybridized carbons (Fsp3) is 0.500. The van der Waals surface area contributed by atoms with Crippen molar-refractivity contribution in [2.75, 3.05) is 33.3 Å². The zero-order valence-electron chi connectivity index (χ0n) is 17.6. The molecule has 2 aliphatic heterocycles. The summed E-state index contributed by atoms with van der Waals surface area (Å²) in [5.74, 6) is 0.441. The van der Waals surface area contributed by atoms with Gasteiger partial charge in [-0.1, -0.05) is 29.3 Å². The molecule has 1 aromatic heterocycles. The lowest BCUT2D eigenvalue weighted by Gasteiger charge is -2.40. The van der Waals surface area contributed by atoms with E-state index >= 15 is 0 Å². The number of nitrogens with zero attached hydrogens (tertiary/aromatic N) is 4. The van der Waals surface area contributed by atoms with Gasteiger partial charge in [-0.15, -0.1) is 0 Å². The van der Waals surface area contributed by atoms with Gasteiger partial charge in [0.2, 0.25) is 5.88 Å². The second-order valence-electron chi connectivity index (χ2n) is 8.45. The Morgan fingerprint density at radius 1 is 1.19 bits per heavy atom. The lowest BCUT2D eigenvalue weighted by Crippen LogP contribution is -2.50. The van der Waals surface area contributed by atoms with Crippen LogP contribution in [0.3, 0.4) is 0 Å². The maximum Gasteiger partial charge on any atom is 0.317 e. The van der Waals surface area contributed by atoms with Crippen LogP contribution in [0.5, 0.6) is 5.88 Å². The molecule has 1 aromatic carbocycles. The average molecular weight is 464 g/mol. The summed E-state index contributed by atoms with van der Waals surface area (Å²) < 4.78 is 5.09. The van der Waals surface area contributed by atoms with Crippen molar-refractivity contribution in [3.05, 3.63) is 51.9 Å². The molecule has 9 heteroatoms. The second kappa shape index (κ2) is 9.59. The minimum atomic E-state index is -0.0494. The Hall–Kier alpha value is -2.09. The average Bonchev–Trinajstić information content (AvgIpc) is 3.16. The number of amides is 2. The molecule has 3 heterocycles. The van der Waals surface area contributed by atoms with Crippen molar-refractivity contribution in [2.24, 2.45) is 5.41 Å². The van der Waals surface area contributed by atoms with Crippen molar-refractivity contribution in [1.82, 2.24) is 25.1 Å². The third kappa shape index (κ3) is 5.40. The number of halogens is 2. The van der Waals surface area contributed by atoms with Gasteiger partial charge in [-0.2, -0.15) is 0 Å². The molecule has 1 N–H and O–H groups in total. The predicted octanol–water partition coefficient (Wildman–Crippen LogP) is 3.99. The number of carbonyl (C=O) groups is 1. The maximum absolute atomic E-state index is 12.8. The summed E-state index contributed by atoms with van der Waals surface area (Å²) in [6, 6.07) is 5.77. The minimum Gasteiger partial charge on any atom is -0.480 e. The maximum atomic E-state index is 12.8. The van der Waals surface area contributed by atoms with Crippen LogP contribution in [0.15, 0.2) is 30.6 Å². The molecule has 2 fully saturated rings. The Morgan fingerprint density at radius 2 is 2.06 bits per heavy atom. The van der Waals surface area contributed by atoms with Gasteiger partial charge in [-0.25, -0.2) is 9.78 Å². The quantitative estimate of drug-likeness (QED) is 0.725. The van der Waals surface area contributed by atoms with Crippen LogP contribution in [0.25, 0.3) is 0 Å². The molecular weight excluding hydrogens is 437 g/mol. The summed E-state index contributed by atoms with van der Waals surface area (Å²) in [6.45, 7) is 4.74. The molecule has 2 aromatic rings. The van der Waals surface area contributed by atoms with Crippen LogP contribution >= 0.6 is 23.2 Å². The van der Waals surface area contributed by atoms with Crippen LogP contribution in [-0.4, -0.2) is 59.1 Å². The number of urea groups is 1. The summed E-state index contributed by atoms with van der Waals surface area (Å²) in [7, 11) is 1.55. The first-order valence-corrected chi connectivity index (χ1v) is 11.3. The van der Waals surface area contributed by atoms with E-state index in [0.717, 1.165) is 57.5 Å². The van der Waals surface area contributed by atoms with Crippen molar-refractivity contribution in [1.29, 1.82) is 0 Å². The lowest BCUT2D eigenvalue weighted by atomic mass is 9.79. The molecule has 1 atom stereocenters. The van der Waals surface area contributed by atoms with E-state index in [9.17, 15) is 4.79 Å². The number of methoxy groups -OCH3 is 1. The van der Waals surface area contributed by atoms with E-state index in [0.29, 0.717) is 28.2 Å². The highest BCUT2D eigenvalue weighted by molar-refractivity contribution is 6.42. The zero-order valence-corrected chi connectivity index (χ0v) is 19.1. The number of rotatable bonds is 5. The van der Waals surface area contributed by atoms with Gasteiger partial charge < -0.3 is 15.0 Å². The molecule has 2 aliphatic rings. The van der Waals surface area contributed by atoms with E-state index in [1.165, 1.54) is 0 Å². The standard InChI is InChI=1S/C22H27Cl2N5O2/c1-31-20-12-25-10-17(27-20)11-26-21(30)29-7-2-5-22(15-29)6-8-28(14-22)13-16-3-4-18(23)19(24)9-16/h3-4,9-10,12H,2,5-8,11,13-15H2,1H3,(H,26,30). The molecule has 0 bridgehead atoms. The van der Waals surface area contributed by atoms with E-state index in [1.54, 1.807) is 19.5 Å². The van der Waals surface area contributed by atoms with Crippen molar-refractivity contribution in [3.8, 4) is 5.88 Å². The van der Waals surface area contributed by atoms with Crippen molar-refractivity contribution in [2.45, 2.75) is 32.4 Å². The molecule has 0 aliphatic carbocycles. The SMILES string of the molecule is COc1cncc(CNC(=O)N2CCCC3(CCN(Cc4ccc(Cl)c(Cl)c4)C3)C2)n1. The summed E-state index contributed by atoms with van der Waals surface area (Å²) in [5.41, 5.74) is 1.99. The highest BCUT2D eigenvalue weighted by Crippen LogP contribution is 2.39. The van der Waals surface area contributed by atoms with E-state index in [1.807, 2.05) is 23.1 Å². The number of ether oxygens (including phenoxy) is 1. The van der Waals surface area contributed by atoms with Gasteiger partial charge in [0.25, 0.3) is 0 Å². The molecular formula is C22H27Cl2N5O2. The van der Waals surface area contributed by atoms with Gasteiger partial charge in [0, 0.05) is 31.6 Å². The van der Waals surface area contributed by atoms with E-state index in [2.05, 4.69) is 20.2 Å². The Morgan fingerprint density at radius 3 is 2.87 bits per heavy atom. The topological polar surface area (TPSA) is 70.6 Å². The first-order valence-electron chi connectivity index (χ1n) is 10.5. The fourth-order valence-electron chi connectivity index (χ4n) is 4.62. The first kappa shape index (κ1) is 22.1. The monoisotopic (exact) mass is 463 g/mol. The Bertz CT molecular complexity index is 944. The van der Waals surface area contributed by atoms with Crippen LogP contribution in [0.4, 0.5) is 4.79 Å². The number of piperidine rings is 1. The highest BCUT2D eigenvalue weighted by atomic mass is 35.5. The molecule has 31 heavy (non-hydrogen) atoms. The number of benzene rings is 1. The van der Waals surface area contributed by atoms with Crippen molar-refractivity contribution < 1.29 is 9.53 Å². The number of nitrogens with one attached hydrogen (secondary N) is 1. The Kier molecular flexibility index (Phi) is 6.84. The molecule has 7 nitrogen and oxygen atoms in total. The summed E-state index contributed by atoms with van der Waals surface area (Å²) in [6.07, 6.45) is 6.45.